The van der Waals surface area contributed by atoms with Gasteiger partial charge in [0.2, 0.25) is 0 Å². The molecule has 0 aliphatic heterocycles. The van der Waals surface area contributed by atoms with Crippen molar-refractivity contribution in [1.29, 1.82) is 0 Å². The zero-order valence-corrected chi connectivity index (χ0v) is 12.8. The number of halogens is 2. The fourth-order valence-corrected chi connectivity index (χ4v) is 2.75. The molecule has 1 heterocycles. The molecule has 0 unspecified atom stereocenters. The highest BCUT2D eigenvalue weighted by Gasteiger charge is 2.14. The summed E-state index contributed by atoms with van der Waals surface area (Å²) in [4.78, 5) is 0. The van der Waals surface area contributed by atoms with Crippen LogP contribution in [0.5, 0.6) is 11.5 Å². The van der Waals surface area contributed by atoms with E-state index in [1.165, 1.54) is 0 Å². The van der Waals surface area contributed by atoms with Gasteiger partial charge in [0.25, 0.3) is 0 Å². The summed E-state index contributed by atoms with van der Waals surface area (Å²) in [7, 11) is 1.90. The average Bonchev–Trinajstić information content (AvgIpc) is 2.56. The Bertz CT molecular complexity index is 581. The third-order valence-electron chi connectivity index (χ3n) is 2.86. The van der Waals surface area contributed by atoms with Crippen molar-refractivity contribution in [2.75, 3.05) is 0 Å². The third-order valence-corrected chi connectivity index (χ3v) is 3.78. The second-order valence-electron chi connectivity index (χ2n) is 4.08. The van der Waals surface area contributed by atoms with Gasteiger partial charge in [0.1, 0.15) is 11.4 Å². The minimum absolute atomic E-state index is 0.653. The van der Waals surface area contributed by atoms with Gasteiger partial charge < -0.3 is 4.74 Å². The molecule has 2 rings (SSSR count). The lowest BCUT2D eigenvalue weighted by Crippen LogP contribution is -1.94. The molecule has 0 atom stereocenters. The minimum atomic E-state index is 0.653. The number of nitrogens with zero attached hydrogens (tertiary/aromatic N) is 2. The van der Waals surface area contributed by atoms with E-state index in [1.807, 2.05) is 43.8 Å². The van der Waals surface area contributed by atoms with E-state index >= 15 is 0 Å². The highest BCUT2D eigenvalue weighted by molar-refractivity contribution is 9.08. The highest BCUT2D eigenvalue weighted by atomic mass is 79.9. The van der Waals surface area contributed by atoms with Crippen molar-refractivity contribution in [3.8, 4) is 11.5 Å². The molecule has 0 aliphatic carbocycles. The van der Waals surface area contributed by atoms with Crippen LogP contribution < -0.4 is 4.74 Å². The lowest BCUT2D eigenvalue weighted by atomic mass is 10.2. The highest BCUT2D eigenvalue weighted by Crippen LogP contribution is 2.34. The van der Waals surface area contributed by atoms with Gasteiger partial charge >= 0.3 is 0 Å². The van der Waals surface area contributed by atoms with Gasteiger partial charge in [0.15, 0.2) is 5.75 Å². The van der Waals surface area contributed by atoms with E-state index in [4.69, 9.17) is 16.3 Å². The fraction of sp³-hybridized carbons (Fsp3) is 0.308. The van der Waals surface area contributed by atoms with E-state index in [0.29, 0.717) is 10.4 Å². The van der Waals surface area contributed by atoms with Crippen LogP contribution in [0.15, 0.2) is 18.2 Å². The molecule has 1 aromatic carbocycles. The summed E-state index contributed by atoms with van der Waals surface area (Å²) in [5.41, 5.74) is 2.81. The number of hydrogen-bond donors (Lipinski definition) is 0. The number of alkyl halides is 1. The standard InChI is InChI=1S/C13H14BrClN2O/c1-8-13(9(2)17(3)16-8)18-12-6-4-5-11(15)10(12)7-14/h4-6H,7H2,1-3H3. The van der Waals surface area contributed by atoms with E-state index in [2.05, 4.69) is 21.0 Å². The second kappa shape index (κ2) is 5.33. The lowest BCUT2D eigenvalue weighted by molar-refractivity contribution is 0.470. The van der Waals surface area contributed by atoms with Gasteiger partial charge in [-0.05, 0) is 26.0 Å². The van der Waals surface area contributed by atoms with Gasteiger partial charge in [-0.3, -0.25) is 4.68 Å². The normalized spacial score (nSPS) is 10.7. The molecule has 0 radical (unpaired) electrons. The molecule has 5 heteroatoms. The summed E-state index contributed by atoms with van der Waals surface area (Å²) in [6.45, 7) is 3.91. The number of hydrogen-bond acceptors (Lipinski definition) is 2. The van der Waals surface area contributed by atoms with Crippen molar-refractivity contribution >= 4 is 27.5 Å². The Balaban J connectivity index is 2.43. The molecule has 0 bridgehead atoms. The van der Waals surface area contributed by atoms with Crippen LogP contribution in [0.2, 0.25) is 5.02 Å². The Hall–Kier alpha value is -1.000. The Labute approximate surface area is 120 Å². The first kappa shape index (κ1) is 13.4. The summed E-state index contributed by atoms with van der Waals surface area (Å²) in [6.07, 6.45) is 0. The molecule has 0 spiro atoms. The molecule has 0 amide bonds. The van der Waals surface area contributed by atoms with Gasteiger partial charge in [0.05, 0.1) is 5.69 Å². The number of rotatable bonds is 3. The van der Waals surface area contributed by atoms with E-state index < -0.39 is 0 Å². The topological polar surface area (TPSA) is 27.1 Å². The third kappa shape index (κ3) is 2.40. The lowest BCUT2D eigenvalue weighted by Gasteiger charge is -2.11. The van der Waals surface area contributed by atoms with Gasteiger partial charge in [-0.25, -0.2) is 0 Å². The maximum absolute atomic E-state index is 6.15. The van der Waals surface area contributed by atoms with Gasteiger partial charge in [0, 0.05) is 23.0 Å². The van der Waals surface area contributed by atoms with Crippen molar-refractivity contribution in [2.45, 2.75) is 19.2 Å². The predicted octanol–water partition coefficient (Wildman–Crippen LogP) is 4.38. The van der Waals surface area contributed by atoms with Crippen molar-refractivity contribution < 1.29 is 4.74 Å². The zero-order valence-electron chi connectivity index (χ0n) is 10.5. The first-order valence-electron chi connectivity index (χ1n) is 5.56. The van der Waals surface area contributed by atoms with Crippen LogP contribution in [0.1, 0.15) is 17.0 Å². The van der Waals surface area contributed by atoms with Crippen molar-refractivity contribution in [2.24, 2.45) is 7.05 Å². The average molecular weight is 330 g/mol. The van der Waals surface area contributed by atoms with Crippen LogP contribution >= 0.6 is 27.5 Å². The number of ether oxygens (including phenoxy) is 1. The predicted molar refractivity (Wildman–Crippen MR) is 76.8 cm³/mol. The summed E-state index contributed by atoms with van der Waals surface area (Å²) in [6, 6.07) is 5.65. The number of benzene rings is 1. The molecule has 0 N–H and O–H groups in total. The van der Waals surface area contributed by atoms with Crippen LogP contribution in [-0.2, 0) is 12.4 Å². The Morgan fingerprint density at radius 3 is 2.67 bits per heavy atom. The SMILES string of the molecule is Cc1nn(C)c(C)c1Oc1cccc(Cl)c1CBr. The monoisotopic (exact) mass is 328 g/mol. The largest absolute Gasteiger partial charge is 0.453 e. The summed E-state index contributed by atoms with van der Waals surface area (Å²) >= 11 is 9.58. The molecule has 0 fully saturated rings. The first-order valence-corrected chi connectivity index (χ1v) is 7.06. The van der Waals surface area contributed by atoms with E-state index in [-0.39, 0.29) is 0 Å². The number of aromatic nitrogens is 2. The summed E-state index contributed by atoms with van der Waals surface area (Å²) in [5.74, 6) is 1.56. The van der Waals surface area contributed by atoms with Crippen LogP contribution in [0.4, 0.5) is 0 Å². The molecular weight excluding hydrogens is 316 g/mol. The minimum Gasteiger partial charge on any atom is -0.453 e. The van der Waals surface area contributed by atoms with Crippen molar-refractivity contribution in [3.05, 3.63) is 40.2 Å². The molecular formula is C13H14BrClN2O. The maximum atomic E-state index is 6.15. The van der Waals surface area contributed by atoms with Crippen LogP contribution in [0, 0.1) is 13.8 Å². The Kier molecular flexibility index (Phi) is 3.97. The summed E-state index contributed by atoms with van der Waals surface area (Å²) < 4.78 is 7.77. The van der Waals surface area contributed by atoms with E-state index in [9.17, 15) is 0 Å². The van der Waals surface area contributed by atoms with Crippen molar-refractivity contribution in [1.82, 2.24) is 9.78 Å². The van der Waals surface area contributed by atoms with E-state index in [1.54, 1.807) is 0 Å². The van der Waals surface area contributed by atoms with Crippen LogP contribution in [0.3, 0.4) is 0 Å². The van der Waals surface area contributed by atoms with Crippen molar-refractivity contribution in [3.63, 3.8) is 0 Å². The molecule has 0 aliphatic rings. The number of aryl methyl sites for hydroxylation is 2. The second-order valence-corrected chi connectivity index (χ2v) is 5.04. The molecule has 96 valence electrons. The molecule has 2 aromatic rings. The quantitative estimate of drug-likeness (QED) is 0.782. The van der Waals surface area contributed by atoms with Gasteiger partial charge in [-0.2, -0.15) is 5.10 Å². The molecule has 1 aromatic heterocycles. The zero-order chi connectivity index (χ0) is 13.3. The Morgan fingerprint density at radius 1 is 1.39 bits per heavy atom. The molecule has 0 saturated carbocycles. The Morgan fingerprint density at radius 2 is 2.11 bits per heavy atom. The van der Waals surface area contributed by atoms with Crippen LogP contribution in [0.25, 0.3) is 0 Å². The van der Waals surface area contributed by atoms with E-state index in [0.717, 1.165) is 28.5 Å². The maximum Gasteiger partial charge on any atom is 0.171 e. The molecule has 18 heavy (non-hydrogen) atoms. The first-order chi connectivity index (χ1) is 8.54. The van der Waals surface area contributed by atoms with Crippen LogP contribution in [-0.4, -0.2) is 9.78 Å². The smallest absolute Gasteiger partial charge is 0.171 e. The van der Waals surface area contributed by atoms with Gasteiger partial charge in [-0.15, -0.1) is 0 Å². The summed E-state index contributed by atoms with van der Waals surface area (Å²) in [5, 5.41) is 5.68. The molecule has 0 saturated heterocycles. The molecule has 3 nitrogen and oxygen atoms in total. The fourth-order valence-electron chi connectivity index (χ4n) is 1.78. The van der Waals surface area contributed by atoms with Gasteiger partial charge in [-0.1, -0.05) is 33.6 Å².